The van der Waals surface area contributed by atoms with Crippen molar-refractivity contribution in [2.75, 3.05) is 11.9 Å². The van der Waals surface area contributed by atoms with Crippen molar-refractivity contribution in [3.63, 3.8) is 0 Å². The highest BCUT2D eigenvalue weighted by molar-refractivity contribution is 5.94. The van der Waals surface area contributed by atoms with E-state index >= 15 is 0 Å². The number of carbonyl (C=O) groups is 1. The third-order valence-corrected chi connectivity index (χ3v) is 2.55. The van der Waals surface area contributed by atoms with Crippen LogP contribution < -0.4 is 15.8 Å². The van der Waals surface area contributed by atoms with Crippen LogP contribution in [0.1, 0.15) is 13.8 Å². The van der Waals surface area contributed by atoms with Crippen molar-refractivity contribution in [1.82, 2.24) is 0 Å². The van der Waals surface area contributed by atoms with Crippen LogP contribution >= 0.6 is 12.4 Å². The molecule has 0 saturated heterocycles. The maximum atomic E-state index is 12.0. The molecular weight excluding hydrogens is 309 g/mol. The zero-order valence-corrected chi connectivity index (χ0v) is 12.4. The lowest BCUT2D eigenvalue weighted by molar-refractivity contribution is -0.153. The van der Waals surface area contributed by atoms with Crippen molar-refractivity contribution < 1.29 is 22.7 Å². The molecule has 0 aromatic heterocycles. The summed E-state index contributed by atoms with van der Waals surface area (Å²) in [5, 5.41) is 2.58. The number of anilines is 1. The Labute approximate surface area is 127 Å². The fourth-order valence-electron chi connectivity index (χ4n) is 1.33. The van der Waals surface area contributed by atoms with Crippen LogP contribution in [-0.4, -0.2) is 24.7 Å². The Morgan fingerprint density at radius 1 is 1.29 bits per heavy atom. The van der Waals surface area contributed by atoms with Gasteiger partial charge in [0.05, 0.1) is 6.04 Å². The number of ether oxygens (including phenoxy) is 1. The third-order valence-electron chi connectivity index (χ3n) is 2.55. The summed E-state index contributed by atoms with van der Waals surface area (Å²) in [5.74, 6) is -0.276. The van der Waals surface area contributed by atoms with Gasteiger partial charge in [-0.1, -0.05) is 13.8 Å². The number of hydrogen-bond acceptors (Lipinski definition) is 3. The number of hydrogen-bond donors (Lipinski definition) is 2. The van der Waals surface area contributed by atoms with Crippen molar-refractivity contribution in [3.05, 3.63) is 24.3 Å². The van der Waals surface area contributed by atoms with E-state index in [2.05, 4.69) is 10.1 Å². The van der Waals surface area contributed by atoms with Gasteiger partial charge in [0, 0.05) is 5.69 Å². The van der Waals surface area contributed by atoms with E-state index in [1.807, 2.05) is 13.8 Å². The lowest BCUT2D eigenvalue weighted by Crippen LogP contribution is -2.39. The number of carbonyl (C=O) groups excluding carboxylic acids is 1. The number of benzene rings is 1. The summed E-state index contributed by atoms with van der Waals surface area (Å²) in [6, 6.07) is 4.97. The Morgan fingerprint density at radius 2 is 1.81 bits per heavy atom. The summed E-state index contributed by atoms with van der Waals surface area (Å²) in [6.07, 6.45) is -4.38. The molecule has 8 heteroatoms. The molecule has 0 saturated carbocycles. The van der Waals surface area contributed by atoms with Gasteiger partial charge in [0.1, 0.15) is 5.75 Å². The quantitative estimate of drug-likeness (QED) is 0.874. The summed E-state index contributed by atoms with van der Waals surface area (Å²) in [6.45, 7) is 2.29. The van der Waals surface area contributed by atoms with Gasteiger partial charge in [0.25, 0.3) is 0 Å². The Balaban J connectivity index is 0.00000400. The van der Waals surface area contributed by atoms with Gasteiger partial charge in [0.2, 0.25) is 5.91 Å². The first-order valence-electron chi connectivity index (χ1n) is 6.05. The standard InChI is InChI=1S/C13H17F3N2O2.ClH/c1-8(2)11(17)12(19)18-9-3-5-10(6-4-9)20-7-13(14,15)16;/h3-6,8,11H,7,17H2,1-2H3,(H,18,19);1H. The highest BCUT2D eigenvalue weighted by atomic mass is 35.5. The van der Waals surface area contributed by atoms with E-state index in [0.717, 1.165) is 0 Å². The fourth-order valence-corrected chi connectivity index (χ4v) is 1.33. The summed E-state index contributed by atoms with van der Waals surface area (Å²) >= 11 is 0. The predicted molar refractivity (Wildman–Crippen MR) is 76.7 cm³/mol. The van der Waals surface area contributed by atoms with E-state index in [4.69, 9.17) is 5.73 Å². The highest BCUT2D eigenvalue weighted by Crippen LogP contribution is 2.20. The molecule has 0 aliphatic rings. The number of nitrogens with two attached hydrogens (primary N) is 1. The Hall–Kier alpha value is -1.47. The first-order chi connectivity index (χ1) is 9.19. The molecule has 1 aromatic rings. The predicted octanol–water partition coefficient (Wildman–Crippen LogP) is 2.97. The third kappa shape index (κ3) is 7.19. The van der Waals surface area contributed by atoms with Crippen LogP contribution in [-0.2, 0) is 4.79 Å². The zero-order chi connectivity index (χ0) is 15.3. The number of amides is 1. The first kappa shape index (κ1) is 19.5. The van der Waals surface area contributed by atoms with E-state index in [1.54, 1.807) is 0 Å². The summed E-state index contributed by atoms with van der Waals surface area (Å²) in [7, 11) is 0. The van der Waals surface area contributed by atoms with E-state index in [0.29, 0.717) is 5.69 Å². The van der Waals surface area contributed by atoms with E-state index in [9.17, 15) is 18.0 Å². The number of halogens is 4. The van der Waals surface area contributed by atoms with Crippen molar-refractivity contribution in [2.45, 2.75) is 26.1 Å². The molecule has 1 aromatic carbocycles. The van der Waals surface area contributed by atoms with Gasteiger partial charge in [0.15, 0.2) is 6.61 Å². The lowest BCUT2D eigenvalue weighted by atomic mass is 10.1. The van der Waals surface area contributed by atoms with Crippen LogP contribution in [0, 0.1) is 5.92 Å². The van der Waals surface area contributed by atoms with Gasteiger partial charge in [-0.15, -0.1) is 12.4 Å². The van der Waals surface area contributed by atoms with Crippen LogP contribution in [0.15, 0.2) is 24.3 Å². The van der Waals surface area contributed by atoms with Crippen LogP contribution in [0.5, 0.6) is 5.75 Å². The number of rotatable bonds is 5. The van der Waals surface area contributed by atoms with Crippen LogP contribution in [0.4, 0.5) is 18.9 Å². The molecule has 0 radical (unpaired) electrons. The molecule has 1 rings (SSSR count). The van der Waals surface area contributed by atoms with Gasteiger partial charge >= 0.3 is 6.18 Å². The van der Waals surface area contributed by atoms with Gasteiger partial charge in [-0.3, -0.25) is 4.79 Å². The van der Waals surface area contributed by atoms with Crippen molar-refractivity contribution in [1.29, 1.82) is 0 Å². The topological polar surface area (TPSA) is 64.4 Å². The lowest BCUT2D eigenvalue weighted by Gasteiger charge is -2.15. The molecule has 0 aliphatic heterocycles. The molecule has 4 nitrogen and oxygen atoms in total. The molecule has 1 unspecified atom stereocenters. The molecule has 21 heavy (non-hydrogen) atoms. The Morgan fingerprint density at radius 3 is 2.24 bits per heavy atom. The van der Waals surface area contributed by atoms with Gasteiger partial charge in [-0.05, 0) is 30.2 Å². The van der Waals surface area contributed by atoms with Crippen LogP contribution in [0.3, 0.4) is 0 Å². The minimum absolute atomic E-state index is 0. The molecule has 0 heterocycles. The van der Waals surface area contributed by atoms with Gasteiger partial charge in [-0.2, -0.15) is 13.2 Å². The molecular formula is C13H18ClF3N2O2. The average Bonchev–Trinajstić information content (AvgIpc) is 2.36. The molecule has 1 amide bonds. The molecule has 1 atom stereocenters. The van der Waals surface area contributed by atoms with Crippen LogP contribution in [0.25, 0.3) is 0 Å². The van der Waals surface area contributed by atoms with E-state index in [-0.39, 0.29) is 30.0 Å². The van der Waals surface area contributed by atoms with E-state index in [1.165, 1.54) is 24.3 Å². The second kappa shape index (κ2) is 8.09. The maximum absolute atomic E-state index is 12.0. The number of alkyl halides is 3. The van der Waals surface area contributed by atoms with Gasteiger partial charge < -0.3 is 15.8 Å². The summed E-state index contributed by atoms with van der Waals surface area (Å²) in [4.78, 5) is 11.7. The fraction of sp³-hybridized carbons (Fsp3) is 0.462. The van der Waals surface area contributed by atoms with E-state index < -0.39 is 18.8 Å². The molecule has 0 bridgehead atoms. The monoisotopic (exact) mass is 326 g/mol. The second-order valence-corrected chi connectivity index (χ2v) is 4.69. The molecule has 120 valence electrons. The van der Waals surface area contributed by atoms with Gasteiger partial charge in [-0.25, -0.2) is 0 Å². The zero-order valence-electron chi connectivity index (χ0n) is 11.6. The van der Waals surface area contributed by atoms with Crippen molar-refractivity contribution in [2.24, 2.45) is 11.7 Å². The van der Waals surface area contributed by atoms with Crippen LogP contribution in [0.2, 0.25) is 0 Å². The Kier molecular flexibility index (Phi) is 7.52. The maximum Gasteiger partial charge on any atom is 0.422 e. The normalized spacial score (nSPS) is 12.5. The summed E-state index contributed by atoms with van der Waals surface area (Å²) in [5.41, 5.74) is 6.12. The van der Waals surface area contributed by atoms with Crippen molar-refractivity contribution >= 4 is 24.0 Å². The SMILES string of the molecule is CC(C)C(N)C(=O)Nc1ccc(OCC(F)(F)F)cc1.Cl. The summed E-state index contributed by atoms with van der Waals surface area (Å²) < 4.78 is 40.4. The number of nitrogens with one attached hydrogen (secondary N) is 1. The Bertz CT molecular complexity index is 450. The van der Waals surface area contributed by atoms with Crippen molar-refractivity contribution in [3.8, 4) is 5.75 Å². The molecule has 0 aliphatic carbocycles. The highest BCUT2D eigenvalue weighted by Gasteiger charge is 2.28. The largest absolute Gasteiger partial charge is 0.484 e. The smallest absolute Gasteiger partial charge is 0.422 e. The minimum Gasteiger partial charge on any atom is -0.484 e. The molecule has 0 fully saturated rings. The second-order valence-electron chi connectivity index (χ2n) is 4.69. The minimum atomic E-state index is -4.38. The molecule has 0 spiro atoms. The average molecular weight is 327 g/mol. The first-order valence-corrected chi connectivity index (χ1v) is 6.05. The molecule has 3 N–H and O–H groups in total.